The molecule has 0 bridgehead atoms. The number of hydrogen-bond donors (Lipinski definition) is 0. The van der Waals surface area contributed by atoms with Gasteiger partial charge in [-0.25, -0.2) is 4.98 Å². The zero-order valence-corrected chi connectivity index (χ0v) is 42.4. The van der Waals surface area contributed by atoms with Gasteiger partial charge >= 0.3 is 0 Å². The maximum Gasteiger partial charge on any atom is 0.146 e. The van der Waals surface area contributed by atoms with Gasteiger partial charge in [-0.2, -0.15) is 0 Å². The third-order valence-electron chi connectivity index (χ3n) is 15.9. The number of anilines is 6. The molecule has 0 N–H and O–H groups in total. The Bertz CT molecular complexity index is 4600. The molecule has 0 fully saturated rings. The first-order valence-electron chi connectivity index (χ1n) is 26.0. The minimum atomic E-state index is -0.136. The molecule has 0 atom stereocenters. The molecule has 0 unspecified atom stereocenters. The first-order valence-corrected chi connectivity index (χ1v) is 26.0. The van der Waals surface area contributed by atoms with Gasteiger partial charge in [-0.1, -0.05) is 163 Å². The number of benzene rings is 10. The number of hydrogen-bond acceptors (Lipinski definition) is 3. The van der Waals surface area contributed by atoms with E-state index in [-0.39, 0.29) is 10.8 Å². The molecule has 0 aliphatic rings. The van der Waals surface area contributed by atoms with Crippen molar-refractivity contribution in [3.8, 4) is 0 Å². The Morgan fingerprint density at radius 1 is 0.351 bits per heavy atom. The summed E-state index contributed by atoms with van der Waals surface area (Å²) in [6.45, 7) is 14.0. The summed E-state index contributed by atoms with van der Waals surface area (Å²) in [5, 5.41) is 13.3. The monoisotopic (exact) mass is 951 g/mol. The molecule has 354 valence electrons. The van der Waals surface area contributed by atoms with Crippen LogP contribution < -0.4 is 9.80 Å². The van der Waals surface area contributed by atoms with E-state index in [1.54, 1.807) is 0 Å². The van der Waals surface area contributed by atoms with Crippen molar-refractivity contribution in [1.29, 1.82) is 0 Å². The summed E-state index contributed by atoms with van der Waals surface area (Å²) in [4.78, 5) is 11.0. The van der Waals surface area contributed by atoms with E-state index in [2.05, 4.69) is 272 Å². The van der Waals surface area contributed by atoms with Crippen LogP contribution in [0, 0.1) is 0 Å². The normalized spacial score (nSPS) is 12.7. The Balaban J connectivity index is 1.18. The first kappa shape index (κ1) is 42.7. The van der Waals surface area contributed by atoms with Crippen LogP contribution in [0.15, 0.2) is 212 Å². The van der Waals surface area contributed by atoms with Crippen molar-refractivity contribution in [2.24, 2.45) is 0 Å². The number of para-hydroxylation sites is 4. The van der Waals surface area contributed by atoms with E-state index >= 15 is 0 Å². The van der Waals surface area contributed by atoms with Gasteiger partial charge in [-0.3, -0.25) is 4.40 Å². The molecule has 0 spiro atoms. The van der Waals surface area contributed by atoms with Gasteiger partial charge in [0.15, 0.2) is 0 Å². The first-order chi connectivity index (χ1) is 36.0. The highest BCUT2D eigenvalue weighted by Crippen LogP contribution is 2.53. The molecule has 10 aromatic carbocycles. The van der Waals surface area contributed by atoms with Crippen LogP contribution >= 0.6 is 0 Å². The van der Waals surface area contributed by atoms with Crippen LogP contribution in [0.2, 0.25) is 0 Å². The van der Waals surface area contributed by atoms with E-state index < -0.39 is 0 Å². The lowest BCUT2D eigenvalue weighted by molar-refractivity contribution is 0.591. The number of pyridine rings is 1. The largest absolute Gasteiger partial charge is 0.308 e. The highest BCUT2D eigenvalue weighted by Gasteiger charge is 2.32. The molecule has 0 aliphatic heterocycles. The predicted octanol–water partition coefficient (Wildman–Crippen LogP) is 19.2. The Morgan fingerprint density at radius 2 is 0.797 bits per heavy atom. The second-order valence-electron chi connectivity index (χ2n) is 22.4. The number of nitrogens with zero attached hydrogens (tertiary/aromatic N) is 5. The smallest absolute Gasteiger partial charge is 0.146 e. The Kier molecular flexibility index (Phi) is 8.83. The fourth-order valence-corrected chi connectivity index (χ4v) is 12.4. The molecule has 0 amide bonds. The average Bonchev–Trinajstić information content (AvgIpc) is 4.30. The van der Waals surface area contributed by atoms with Crippen LogP contribution in [0.5, 0.6) is 0 Å². The fourth-order valence-electron chi connectivity index (χ4n) is 12.4. The number of aromatic nitrogens is 3. The highest BCUT2D eigenvalue weighted by atomic mass is 15.2. The summed E-state index contributed by atoms with van der Waals surface area (Å²) < 4.78 is 5.11. The van der Waals surface area contributed by atoms with Gasteiger partial charge in [0.25, 0.3) is 0 Å². The molecule has 5 nitrogen and oxygen atoms in total. The van der Waals surface area contributed by atoms with Gasteiger partial charge in [-0.15, -0.1) is 0 Å². The average molecular weight is 952 g/mol. The number of rotatable bonds is 6. The summed E-state index contributed by atoms with van der Waals surface area (Å²) in [5.41, 5.74) is 16.8. The lowest BCUT2D eigenvalue weighted by Crippen LogP contribution is -2.11. The molecule has 5 heterocycles. The van der Waals surface area contributed by atoms with E-state index in [4.69, 9.17) is 4.98 Å². The molecule has 15 rings (SSSR count). The van der Waals surface area contributed by atoms with Gasteiger partial charge in [0.1, 0.15) is 5.65 Å². The molecular formula is C69H53N5. The summed E-state index contributed by atoms with van der Waals surface area (Å²) in [6.07, 6.45) is 0. The summed E-state index contributed by atoms with van der Waals surface area (Å²) in [5.74, 6) is 0. The van der Waals surface area contributed by atoms with Gasteiger partial charge in [0.05, 0.1) is 44.5 Å². The lowest BCUT2D eigenvalue weighted by atomic mass is 9.85. The van der Waals surface area contributed by atoms with Crippen LogP contribution in [-0.4, -0.2) is 13.8 Å². The van der Waals surface area contributed by atoms with Gasteiger partial charge in [0.2, 0.25) is 0 Å². The Hall–Kier alpha value is -8.93. The van der Waals surface area contributed by atoms with Gasteiger partial charge in [0, 0.05) is 65.8 Å². The molecule has 74 heavy (non-hydrogen) atoms. The molecule has 5 aromatic heterocycles. The lowest BCUT2D eigenvalue weighted by Gasteiger charge is -2.28. The fraction of sp³-hybridized carbons (Fsp3) is 0.116. The topological polar surface area (TPSA) is 28.2 Å². The molecule has 0 saturated carbocycles. The highest BCUT2D eigenvalue weighted by molar-refractivity contribution is 6.33. The van der Waals surface area contributed by atoms with Crippen molar-refractivity contribution in [3.63, 3.8) is 0 Å². The van der Waals surface area contributed by atoms with Crippen molar-refractivity contribution >= 4 is 132 Å². The van der Waals surface area contributed by atoms with Crippen molar-refractivity contribution < 1.29 is 0 Å². The summed E-state index contributed by atoms with van der Waals surface area (Å²) >= 11 is 0. The van der Waals surface area contributed by atoms with E-state index in [1.165, 1.54) is 81.5 Å². The SMILES string of the molecule is CC(C)(C)c1cc2c3nc4c(cc3n3c5c(N(c6ccccc6)c6ccccc6)cc6ccccc6c5c(c1)c23)c1cc(C(C)(C)C)cc2c3cc5ccccc5c(N(c5ccccc5)c5ccccc5)c3n4c12. The minimum Gasteiger partial charge on any atom is -0.308 e. The Labute approximate surface area is 429 Å². The maximum atomic E-state index is 6.12. The van der Waals surface area contributed by atoms with Crippen LogP contribution in [-0.2, 0) is 10.8 Å². The standard InChI is InChI=1S/C69H53N5/c1-68(2,3)44-37-53-52-35-42-23-20-22-34-51(42)64(72(48-29-15-9-16-30-48)49-31-17-10-18-32-49)65(52)74-62(53)54(38-44)55-41-58-61(70-67(55)74)57-40-45(69(4,5)6)39-56-60-50-33-21-19-24-43(50)36-59(66(60)73(58)63(56)57)71(46-25-11-7-12-26-46)47-27-13-8-14-28-47/h7-41H,1-6H3. The second-order valence-corrected chi connectivity index (χ2v) is 22.4. The Morgan fingerprint density at radius 3 is 1.36 bits per heavy atom. The molecule has 0 saturated heterocycles. The van der Waals surface area contributed by atoms with Crippen molar-refractivity contribution in [2.75, 3.05) is 9.80 Å². The van der Waals surface area contributed by atoms with Gasteiger partial charge < -0.3 is 14.2 Å². The number of fused-ring (bicyclic) bond motifs is 15. The van der Waals surface area contributed by atoms with Crippen molar-refractivity contribution in [2.45, 2.75) is 52.4 Å². The molecular weight excluding hydrogens is 899 g/mol. The van der Waals surface area contributed by atoms with E-state index in [0.29, 0.717) is 0 Å². The maximum absolute atomic E-state index is 6.12. The van der Waals surface area contributed by atoms with Gasteiger partial charge in [-0.05, 0) is 129 Å². The van der Waals surface area contributed by atoms with Crippen LogP contribution in [0.1, 0.15) is 52.7 Å². The second kappa shape index (κ2) is 15.3. The zero-order valence-electron chi connectivity index (χ0n) is 42.4. The van der Waals surface area contributed by atoms with Crippen LogP contribution in [0.3, 0.4) is 0 Å². The van der Waals surface area contributed by atoms with E-state index in [0.717, 1.165) is 61.7 Å². The predicted molar refractivity (Wildman–Crippen MR) is 315 cm³/mol. The molecule has 0 aliphatic carbocycles. The third-order valence-corrected chi connectivity index (χ3v) is 15.9. The molecule has 5 heteroatoms. The molecule has 0 radical (unpaired) electrons. The minimum absolute atomic E-state index is 0.123. The van der Waals surface area contributed by atoms with Crippen LogP contribution in [0.25, 0.3) is 98.0 Å². The van der Waals surface area contributed by atoms with Crippen molar-refractivity contribution in [1.82, 2.24) is 13.8 Å². The molecule has 15 aromatic rings. The zero-order chi connectivity index (χ0) is 49.8. The van der Waals surface area contributed by atoms with E-state index in [9.17, 15) is 0 Å². The quantitative estimate of drug-likeness (QED) is 0.166. The summed E-state index contributed by atoms with van der Waals surface area (Å²) in [7, 11) is 0. The van der Waals surface area contributed by atoms with E-state index in [1.807, 2.05) is 0 Å². The van der Waals surface area contributed by atoms with Crippen LogP contribution in [0.4, 0.5) is 34.1 Å². The summed E-state index contributed by atoms with van der Waals surface area (Å²) in [6, 6.07) is 78.5. The van der Waals surface area contributed by atoms with Crippen molar-refractivity contribution in [3.05, 3.63) is 223 Å². The third kappa shape index (κ3) is 6.01.